The molecule has 3 N–H and O–H groups in total. The Bertz CT molecular complexity index is 667. The number of nitrogens with two attached hydrogens (primary N) is 1. The summed E-state index contributed by atoms with van der Waals surface area (Å²) in [5, 5.41) is 9.97. The largest absolute Gasteiger partial charge is 0.505 e. The highest BCUT2D eigenvalue weighted by Crippen LogP contribution is 2.31. The van der Waals surface area contributed by atoms with Crippen LogP contribution in [0.1, 0.15) is 22.3 Å². The maximum absolute atomic E-state index is 12.6. The monoisotopic (exact) mass is 268 g/mol. The third kappa shape index (κ3) is 1.99. The zero-order valence-electron chi connectivity index (χ0n) is 11.0. The molecule has 102 valence electrons. The first-order valence-corrected chi connectivity index (χ1v) is 6.65. The number of aryl methyl sites for hydroxylation is 1. The third-order valence-corrected chi connectivity index (χ3v) is 3.65. The van der Waals surface area contributed by atoms with Crippen molar-refractivity contribution in [1.82, 2.24) is 0 Å². The van der Waals surface area contributed by atoms with E-state index in [4.69, 9.17) is 5.73 Å². The van der Waals surface area contributed by atoms with E-state index in [9.17, 15) is 9.90 Å². The number of phenols is 1. The SMILES string of the molecule is Nc1cccc(C(=O)N2CCCc3ccccc32)c1O. The van der Waals surface area contributed by atoms with Gasteiger partial charge in [0.25, 0.3) is 5.91 Å². The molecule has 2 aromatic rings. The molecule has 1 heterocycles. The van der Waals surface area contributed by atoms with Gasteiger partial charge in [0.15, 0.2) is 5.75 Å². The lowest BCUT2D eigenvalue weighted by atomic mass is 10.0. The molecule has 0 aromatic heterocycles. The van der Waals surface area contributed by atoms with Crippen LogP contribution in [0.5, 0.6) is 5.75 Å². The molecule has 0 unspecified atom stereocenters. The van der Waals surface area contributed by atoms with Crippen molar-refractivity contribution in [2.45, 2.75) is 12.8 Å². The zero-order chi connectivity index (χ0) is 14.1. The molecular formula is C16H16N2O2. The molecule has 0 fully saturated rings. The normalized spacial score (nSPS) is 13.9. The fraction of sp³-hybridized carbons (Fsp3) is 0.188. The number of aromatic hydroxyl groups is 1. The summed E-state index contributed by atoms with van der Waals surface area (Å²) in [5.41, 5.74) is 8.22. The molecule has 0 atom stereocenters. The van der Waals surface area contributed by atoms with Crippen LogP contribution in [0.25, 0.3) is 0 Å². The summed E-state index contributed by atoms with van der Waals surface area (Å²) in [4.78, 5) is 14.4. The number of hydrogen-bond donors (Lipinski definition) is 2. The van der Waals surface area contributed by atoms with Crippen molar-refractivity contribution >= 4 is 17.3 Å². The zero-order valence-corrected chi connectivity index (χ0v) is 11.0. The lowest BCUT2D eigenvalue weighted by molar-refractivity contribution is 0.0982. The molecule has 0 radical (unpaired) electrons. The quantitative estimate of drug-likeness (QED) is 0.617. The summed E-state index contributed by atoms with van der Waals surface area (Å²) in [6.07, 6.45) is 1.90. The number of nitrogen functional groups attached to an aromatic ring is 1. The molecular weight excluding hydrogens is 252 g/mol. The van der Waals surface area contributed by atoms with Gasteiger partial charge in [0, 0.05) is 12.2 Å². The van der Waals surface area contributed by atoms with Gasteiger partial charge in [-0.05, 0) is 36.6 Å². The maximum atomic E-state index is 12.6. The van der Waals surface area contributed by atoms with Crippen molar-refractivity contribution < 1.29 is 9.90 Å². The molecule has 0 bridgehead atoms. The van der Waals surface area contributed by atoms with Crippen molar-refractivity contribution in [2.75, 3.05) is 17.2 Å². The molecule has 4 heteroatoms. The van der Waals surface area contributed by atoms with E-state index in [1.54, 1.807) is 23.1 Å². The number of fused-ring (bicyclic) bond motifs is 1. The molecule has 4 nitrogen and oxygen atoms in total. The number of para-hydroxylation sites is 2. The van der Waals surface area contributed by atoms with Gasteiger partial charge in [-0.3, -0.25) is 4.79 Å². The van der Waals surface area contributed by atoms with Crippen LogP contribution in [0, 0.1) is 0 Å². The molecule has 1 amide bonds. The van der Waals surface area contributed by atoms with Gasteiger partial charge in [0.2, 0.25) is 0 Å². The number of carbonyl (C=O) groups excluding carboxylic acids is 1. The Morgan fingerprint density at radius 1 is 1.15 bits per heavy atom. The van der Waals surface area contributed by atoms with Gasteiger partial charge >= 0.3 is 0 Å². The van der Waals surface area contributed by atoms with Gasteiger partial charge in [-0.2, -0.15) is 0 Å². The Morgan fingerprint density at radius 2 is 1.95 bits per heavy atom. The van der Waals surface area contributed by atoms with Crippen molar-refractivity contribution in [3.63, 3.8) is 0 Å². The van der Waals surface area contributed by atoms with Gasteiger partial charge in [-0.25, -0.2) is 0 Å². The molecule has 0 saturated carbocycles. The number of anilines is 2. The Labute approximate surface area is 117 Å². The van der Waals surface area contributed by atoms with Crippen LogP contribution < -0.4 is 10.6 Å². The highest BCUT2D eigenvalue weighted by atomic mass is 16.3. The summed E-state index contributed by atoms with van der Waals surface area (Å²) in [7, 11) is 0. The van der Waals surface area contributed by atoms with E-state index in [0.29, 0.717) is 6.54 Å². The number of benzene rings is 2. The Hall–Kier alpha value is -2.49. The average Bonchev–Trinajstić information content (AvgIpc) is 2.49. The van der Waals surface area contributed by atoms with E-state index in [1.807, 2.05) is 24.3 Å². The fourth-order valence-electron chi connectivity index (χ4n) is 2.62. The van der Waals surface area contributed by atoms with Crippen molar-refractivity contribution in [3.8, 4) is 5.75 Å². The molecule has 20 heavy (non-hydrogen) atoms. The van der Waals surface area contributed by atoms with Crippen LogP contribution in [0.15, 0.2) is 42.5 Å². The highest BCUT2D eigenvalue weighted by Gasteiger charge is 2.25. The van der Waals surface area contributed by atoms with E-state index >= 15 is 0 Å². The predicted molar refractivity (Wildman–Crippen MR) is 79.0 cm³/mol. The molecule has 0 saturated heterocycles. The van der Waals surface area contributed by atoms with E-state index < -0.39 is 0 Å². The lowest BCUT2D eigenvalue weighted by Gasteiger charge is -2.29. The Morgan fingerprint density at radius 3 is 2.80 bits per heavy atom. The molecule has 1 aliphatic heterocycles. The van der Waals surface area contributed by atoms with Crippen molar-refractivity contribution in [2.24, 2.45) is 0 Å². The van der Waals surface area contributed by atoms with Crippen LogP contribution >= 0.6 is 0 Å². The fourth-order valence-corrected chi connectivity index (χ4v) is 2.62. The molecule has 0 spiro atoms. The predicted octanol–water partition coefficient (Wildman–Crippen LogP) is 2.57. The second kappa shape index (κ2) is 4.89. The van der Waals surface area contributed by atoms with Gasteiger partial charge in [-0.1, -0.05) is 24.3 Å². The van der Waals surface area contributed by atoms with Crippen LogP contribution in [0.3, 0.4) is 0 Å². The van der Waals surface area contributed by atoms with Gasteiger partial charge in [0.1, 0.15) is 0 Å². The second-order valence-corrected chi connectivity index (χ2v) is 4.93. The Balaban J connectivity index is 2.02. The smallest absolute Gasteiger partial charge is 0.262 e. The summed E-state index contributed by atoms with van der Waals surface area (Å²) in [5.74, 6) is -0.345. The van der Waals surface area contributed by atoms with Gasteiger partial charge in [-0.15, -0.1) is 0 Å². The average molecular weight is 268 g/mol. The first-order chi connectivity index (χ1) is 9.68. The minimum atomic E-state index is -0.207. The number of carbonyl (C=O) groups is 1. The third-order valence-electron chi connectivity index (χ3n) is 3.65. The molecule has 1 aliphatic rings. The summed E-state index contributed by atoms with van der Waals surface area (Å²) in [6, 6.07) is 12.7. The lowest BCUT2D eigenvalue weighted by Crippen LogP contribution is -2.35. The minimum absolute atomic E-state index is 0.138. The van der Waals surface area contributed by atoms with Crippen LogP contribution in [0.4, 0.5) is 11.4 Å². The molecule has 3 rings (SSSR count). The topological polar surface area (TPSA) is 66.6 Å². The van der Waals surface area contributed by atoms with Crippen molar-refractivity contribution in [1.29, 1.82) is 0 Å². The number of nitrogens with zero attached hydrogens (tertiary/aromatic N) is 1. The standard InChI is InChI=1S/C16H16N2O2/c17-13-8-3-7-12(15(13)19)16(20)18-10-4-6-11-5-1-2-9-14(11)18/h1-3,5,7-9,19H,4,6,10,17H2. The number of hydrogen-bond acceptors (Lipinski definition) is 3. The number of rotatable bonds is 1. The summed E-state index contributed by atoms with van der Waals surface area (Å²) >= 11 is 0. The van der Waals surface area contributed by atoms with E-state index in [0.717, 1.165) is 24.1 Å². The highest BCUT2D eigenvalue weighted by molar-refractivity contribution is 6.09. The second-order valence-electron chi connectivity index (χ2n) is 4.93. The number of amides is 1. The summed E-state index contributed by atoms with van der Waals surface area (Å²) in [6.45, 7) is 0.657. The van der Waals surface area contributed by atoms with E-state index in [2.05, 4.69) is 0 Å². The molecule has 0 aliphatic carbocycles. The van der Waals surface area contributed by atoms with Gasteiger partial charge < -0.3 is 15.7 Å². The molecule has 2 aromatic carbocycles. The van der Waals surface area contributed by atoms with Crippen LogP contribution in [0.2, 0.25) is 0 Å². The minimum Gasteiger partial charge on any atom is -0.505 e. The van der Waals surface area contributed by atoms with E-state index in [-0.39, 0.29) is 22.9 Å². The Kier molecular flexibility index (Phi) is 3.06. The van der Waals surface area contributed by atoms with Crippen molar-refractivity contribution in [3.05, 3.63) is 53.6 Å². The first-order valence-electron chi connectivity index (χ1n) is 6.65. The van der Waals surface area contributed by atoms with Crippen LogP contribution in [-0.2, 0) is 6.42 Å². The summed E-state index contributed by atoms with van der Waals surface area (Å²) < 4.78 is 0. The van der Waals surface area contributed by atoms with Crippen LogP contribution in [-0.4, -0.2) is 17.6 Å². The maximum Gasteiger partial charge on any atom is 0.262 e. The number of phenolic OH excluding ortho intramolecular Hbond substituents is 1. The van der Waals surface area contributed by atoms with Gasteiger partial charge in [0.05, 0.1) is 11.3 Å². The first kappa shape index (κ1) is 12.5. The van der Waals surface area contributed by atoms with E-state index in [1.165, 1.54) is 0 Å².